The van der Waals surface area contributed by atoms with Gasteiger partial charge < -0.3 is 9.80 Å². The molecule has 0 N–H and O–H groups in total. The Morgan fingerprint density at radius 1 is 0.966 bits per heavy atom. The van der Waals surface area contributed by atoms with Gasteiger partial charge in [0, 0.05) is 38.5 Å². The summed E-state index contributed by atoms with van der Waals surface area (Å²) in [6, 6.07) is 17.0. The maximum absolute atomic E-state index is 13.2. The van der Waals surface area contributed by atoms with E-state index < -0.39 is 6.04 Å². The maximum atomic E-state index is 13.2. The van der Waals surface area contributed by atoms with Crippen molar-refractivity contribution in [2.45, 2.75) is 12.6 Å². The molecule has 0 aliphatic carbocycles. The lowest BCUT2D eigenvalue weighted by atomic mass is 10.1. The van der Waals surface area contributed by atoms with Crippen LogP contribution in [-0.4, -0.2) is 70.4 Å². The average molecular weight is 430 g/mol. The first kappa shape index (κ1) is 20.3. The van der Waals surface area contributed by atoms with Crippen LogP contribution in [0.25, 0.3) is 0 Å². The molecule has 29 heavy (non-hydrogen) atoms. The second-order valence-electron chi connectivity index (χ2n) is 7.36. The molecule has 2 amide bonds. The van der Waals surface area contributed by atoms with E-state index in [0.717, 1.165) is 19.6 Å². The number of carbonyl (C=O) groups excluding carboxylic acids is 2. The number of amides is 2. The molecule has 0 saturated carbocycles. The van der Waals surface area contributed by atoms with Gasteiger partial charge in [-0.25, -0.2) is 0 Å². The van der Waals surface area contributed by atoms with Gasteiger partial charge in [-0.2, -0.15) is 0 Å². The first-order valence-corrected chi connectivity index (χ1v) is 11.3. The molecule has 2 aliphatic heterocycles. The van der Waals surface area contributed by atoms with Crippen molar-refractivity contribution in [2.24, 2.45) is 0 Å². The molecule has 0 aromatic heterocycles. The van der Waals surface area contributed by atoms with Crippen LogP contribution < -0.4 is 0 Å². The Labute approximate surface area is 180 Å². The number of nitrogens with zero attached hydrogens (tertiary/aromatic N) is 3. The standard InChI is InChI=1S/C22H24ClN3O2S/c23-19-9-5-4-8-18(19)21(27)26-16-29-15-20(26)22(28)25-12-10-24(11-13-25)14-17-6-2-1-3-7-17/h1-9,20H,10-16H2. The second-order valence-corrected chi connectivity index (χ2v) is 8.76. The molecule has 0 radical (unpaired) electrons. The average Bonchev–Trinajstić information content (AvgIpc) is 3.24. The summed E-state index contributed by atoms with van der Waals surface area (Å²) in [7, 11) is 0. The van der Waals surface area contributed by atoms with E-state index in [1.807, 2.05) is 11.0 Å². The van der Waals surface area contributed by atoms with Crippen molar-refractivity contribution < 1.29 is 9.59 Å². The lowest BCUT2D eigenvalue weighted by Gasteiger charge is -2.37. The molecule has 2 fully saturated rings. The van der Waals surface area contributed by atoms with E-state index in [-0.39, 0.29) is 11.8 Å². The Morgan fingerprint density at radius 3 is 2.38 bits per heavy atom. The third-order valence-corrected chi connectivity index (χ3v) is 6.81. The maximum Gasteiger partial charge on any atom is 0.256 e. The highest BCUT2D eigenvalue weighted by Crippen LogP contribution is 2.27. The van der Waals surface area contributed by atoms with Gasteiger partial charge >= 0.3 is 0 Å². The Balaban J connectivity index is 1.37. The first-order chi connectivity index (χ1) is 14.1. The van der Waals surface area contributed by atoms with Gasteiger partial charge in [0.05, 0.1) is 16.5 Å². The number of halogens is 1. The van der Waals surface area contributed by atoms with Crippen LogP contribution in [-0.2, 0) is 11.3 Å². The molecule has 2 aromatic rings. The molecular weight excluding hydrogens is 406 g/mol. The Morgan fingerprint density at radius 2 is 1.66 bits per heavy atom. The van der Waals surface area contributed by atoms with Crippen LogP contribution >= 0.6 is 23.4 Å². The molecule has 2 saturated heterocycles. The highest BCUT2D eigenvalue weighted by Gasteiger charge is 2.38. The van der Waals surface area contributed by atoms with Crippen LogP contribution in [0.1, 0.15) is 15.9 Å². The van der Waals surface area contributed by atoms with Crippen LogP contribution in [0.3, 0.4) is 0 Å². The van der Waals surface area contributed by atoms with E-state index in [0.29, 0.717) is 35.3 Å². The molecule has 1 atom stereocenters. The van der Waals surface area contributed by atoms with Gasteiger partial charge in [0.2, 0.25) is 5.91 Å². The minimum atomic E-state index is -0.413. The fourth-order valence-electron chi connectivity index (χ4n) is 3.82. The fourth-order valence-corrected chi connectivity index (χ4v) is 5.18. The van der Waals surface area contributed by atoms with Gasteiger partial charge in [0.1, 0.15) is 6.04 Å². The van der Waals surface area contributed by atoms with E-state index >= 15 is 0 Å². The minimum absolute atomic E-state index is 0.0507. The minimum Gasteiger partial charge on any atom is -0.338 e. The van der Waals surface area contributed by atoms with Gasteiger partial charge in [-0.1, -0.05) is 54.1 Å². The first-order valence-electron chi connectivity index (χ1n) is 9.82. The van der Waals surface area contributed by atoms with Gasteiger partial charge in [-0.05, 0) is 17.7 Å². The molecule has 2 aliphatic rings. The summed E-state index contributed by atoms with van der Waals surface area (Å²) in [4.78, 5) is 32.1. The molecule has 5 nitrogen and oxygen atoms in total. The van der Waals surface area contributed by atoms with Crippen molar-refractivity contribution in [2.75, 3.05) is 37.8 Å². The molecule has 1 unspecified atom stereocenters. The Kier molecular flexibility index (Phi) is 6.43. The van der Waals surface area contributed by atoms with E-state index in [9.17, 15) is 9.59 Å². The molecule has 0 bridgehead atoms. The highest BCUT2D eigenvalue weighted by atomic mass is 35.5. The zero-order valence-electron chi connectivity index (χ0n) is 16.2. The molecule has 2 aromatic carbocycles. The summed E-state index contributed by atoms with van der Waals surface area (Å²) in [6.45, 7) is 3.99. The number of carbonyl (C=O) groups is 2. The van der Waals surface area contributed by atoms with E-state index in [2.05, 4.69) is 29.2 Å². The number of piperazine rings is 1. The molecular formula is C22H24ClN3O2S. The number of rotatable bonds is 4. The SMILES string of the molecule is O=C(C1CSCN1C(=O)c1ccccc1Cl)N1CCN(Cc2ccccc2)CC1. The van der Waals surface area contributed by atoms with Crippen molar-refractivity contribution in [3.8, 4) is 0 Å². The predicted molar refractivity (Wildman–Crippen MR) is 117 cm³/mol. The number of benzene rings is 2. The van der Waals surface area contributed by atoms with Gasteiger partial charge in [-0.3, -0.25) is 14.5 Å². The topological polar surface area (TPSA) is 43.9 Å². The van der Waals surface area contributed by atoms with Crippen molar-refractivity contribution in [1.82, 2.24) is 14.7 Å². The zero-order valence-corrected chi connectivity index (χ0v) is 17.7. The summed E-state index contributed by atoms with van der Waals surface area (Å²) in [6.07, 6.45) is 0. The normalized spacial score (nSPS) is 20.1. The second kappa shape index (κ2) is 9.20. The van der Waals surface area contributed by atoms with Crippen molar-refractivity contribution >= 4 is 35.2 Å². The van der Waals surface area contributed by atoms with Gasteiger partial charge in [0.25, 0.3) is 5.91 Å². The third kappa shape index (κ3) is 4.60. The Hall–Kier alpha value is -2.02. The lowest BCUT2D eigenvalue weighted by molar-refractivity contribution is -0.136. The van der Waals surface area contributed by atoms with E-state index in [1.54, 1.807) is 40.9 Å². The number of hydrogen-bond acceptors (Lipinski definition) is 4. The molecule has 152 valence electrons. The van der Waals surface area contributed by atoms with E-state index in [1.165, 1.54) is 5.56 Å². The summed E-state index contributed by atoms with van der Waals surface area (Å²) in [5, 5.41) is 0.426. The van der Waals surface area contributed by atoms with Gasteiger partial charge in [0.15, 0.2) is 0 Å². The van der Waals surface area contributed by atoms with Crippen LogP contribution in [0.5, 0.6) is 0 Å². The fraction of sp³-hybridized carbons (Fsp3) is 0.364. The predicted octanol–water partition coefficient (Wildman–Crippen LogP) is 3.20. The molecule has 4 rings (SSSR count). The third-order valence-electron chi connectivity index (χ3n) is 5.47. The summed E-state index contributed by atoms with van der Waals surface area (Å²) in [5.41, 5.74) is 1.75. The smallest absolute Gasteiger partial charge is 0.256 e. The molecule has 2 heterocycles. The summed E-state index contributed by atoms with van der Waals surface area (Å²) in [5.74, 6) is 1.05. The van der Waals surface area contributed by atoms with Crippen molar-refractivity contribution in [3.63, 3.8) is 0 Å². The summed E-state index contributed by atoms with van der Waals surface area (Å²) >= 11 is 7.82. The van der Waals surface area contributed by atoms with Crippen LogP contribution in [0, 0.1) is 0 Å². The van der Waals surface area contributed by atoms with Gasteiger partial charge in [-0.15, -0.1) is 11.8 Å². The van der Waals surface area contributed by atoms with Crippen LogP contribution in [0.4, 0.5) is 0 Å². The number of thioether (sulfide) groups is 1. The van der Waals surface area contributed by atoms with E-state index in [4.69, 9.17) is 11.6 Å². The zero-order chi connectivity index (χ0) is 20.2. The Bertz CT molecular complexity index is 871. The van der Waals surface area contributed by atoms with Crippen LogP contribution in [0.2, 0.25) is 5.02 Å². The lowest BCUT2D eigenvalue weighted by Crippen LogP contribution is -2.54. The number of hydrogen-bond donors (Lipinski definition) is 0. The molecule has 7 heteroatoms. The largest absolute Gasteiger partial charge is 0.338 e. The molecule has 0 spiro atoms. The van der Waals surface area contributed by atoms with Crippen molar-refractivity contribution in [1.29, 1.82) is 0 Å². The monoisotopic (exact) mass is 429 g/mol. The quantitative estimate of drug-likeness (QED) is 0.748. The summed E-state index contributed by atoms with van der Waals surface area (Å²) < 4.78 is 0. The highest BCUT2D eigenvalue weighted by molar-refractivity contribution is 7.99. The van der Waals surface area contributed by atoms with Crippen LogP contribution in [0.15, 0.2) is 54.6 Å². The van der Waals surface area contributed by atoms with Crippen molar-refractivity contribution in [3.05, 3.63) is 70.7 Å².